The number of benzene rings is 2. The number of hydrazone groups is 1. The van der Waals surface area contributed by atoms with Crippen LogP contribution in [0.25, 0.3) is 0 Å². The molecule has 0 saturated carbocycles. The number of nitrogens with zero attached hydrogens (tertiary/aromatic N) is 1. The summed E-state index contributed by atoms with van der Waals surface area (Å²) in [5, 5.41) is 22.7. The third-order valence-electron chi connectivity index (χ3n) is 2.92. The number of halogens is 1. The van der Waals surface area contributed by atoms with Crippen molar-refractivity contribution in [3.63, 3.8) is 0 Å². The highest BCUT2D eigenvalue weighted by atomic mass is 79.9. The molecule has 0 saturated heterocycles. The molecule has 0 aliphatic rings. The van der Waals surface area contributed by atoms with Gasteiger partial charge in [-0.15, -0.1) is 0 Å². The molecule has 0 bridgehead atoms. The third-order valence-corrected chi connectivity index (χ3v) is 3.53. The molecule has 0 atom stereocenters. The summed E-state index contributed by atoms with van der Waals surface area (Å²) in [6, 6.07) is 10.3. The molecule has 2 aromatic carbocycles. The fourth-order valence-corrected chi connectivity index (χ4v) is 2.22. The van der Waals surface area contributed by atoms with E-state index in [4.69, 9.17) is 4.74 Å². The van der Waals surface area contributed by atoms with Crippen LogP contribution in [0.1, 0.15) is 11.1 Å². The molecule has 6 nitrogen and oxygen atoms in total. The zero-order valence-electron chi connectivity index (χ0n) is 12.3. The van der Waals surface area contributed by atoms with Crippen molar-refractivity contribution >= 4 is 28.1 Å². The van der Waals surface area contributed by atoms with Gasteiger partial charge < -0.3 is 14.9 Å². The fraction of sp³-hybridized carbons (Fsp3) is 0.125. The van der Waals surface area contributed by atoms with Gasteiger partial charge in [0.25, 0.3) is 5.91 Å². The van der Waals surface area contributed by atoms with Gasteiger partial charge in [0, 0.05) is 0 Å². The van der Waals surface area contributed by atoms with Crippen LogP contribution in [0.2, 0.25) is 0 Å². The quantitative estimate of drug-likeness (QED) is 0.423. The lowest BCUT2D eigenvalue weighted by Gasteiger charge is -2.07. The van der Waals surface area contributed by atoms with Crippen molar-refractivity contribution < 1.29 is 19.7 Å². The second kappa shape index (κ2) is 7.64. The van der Waals surface area contributed by atoms with E-state index < -0.39 is 5.91 Å². The van der Waals surface area contributed by atoms with E-state index in [0.29, 0.717) is 15.8 Å². The van der Waals surface area contributed by atoms with Crippen LogP contribution in [0, 0.1) is 6.92 Å². The van der Waals surface area contributed by atoms with Gasteiger partial charge in [-0.25, -0.2) is 5.43 Å². The summed E-state index contributed by atoms with van der Waals surface area (Å²) in [6.45, 7) is 1.73. The predicted molar refractivity (Wildman–Crippen MR) is 89.9 cm³/mol. The molecule has 3 N–H and O–H groups in total. The Labute approximate surface area is 141 Å². The third kappa shape index (κ3) is 4.72. The number of carbonyl (C=O) groups is 1. The normalized spacial score (nSPS) is 10.7. The summed E-state index contributed by atoms with van der Waals surface area (Å²) in [5.74, 6) is -0.307. The van der Waals surface area contributed by atoms with Crippen molar-refractivity contribution in [2.75, 3.05) is 6.61 Å². The van der Waals surface area contributed by atoms with Gasteiger partial charge in [0.15, 0.2) is 18.1 Å². The molecule has 0 aliphatic heterocycles. The summed E-state index contributed by atoms with van der Waals surface area (Å²) < 4.78 is 5.72. The highest BCUT2D eigenvalue weighted by Crippen LogP contribution is 2.33. The molecular weight excluding hydrogens is 364 g/mol. The number of aryl methyl sites for hydroxylation is 1. The Bertz CT molecular complexity index is 724. The van der Waals surface area contributed by atoms with Gasteiger partial charge in [-0.2, -0.15) is 5.10 Å². The monoisotopic (exact) mass is 378 g/mol. The van der Waals surface area contributed by atoms with E-state index in [9.17, 15) is 15.0 Å². The second-order valence-corrected chi connectivity index (χ2v) is 5.57. The van der Waals surface area contributed by atoms with Crippen molar-refractivity contribution in [3.05, 3.63) is 52.0 Å². The number of phenolic OH excluding ortho intramolecular Hbond substituents is 2. The lowest BCUT2D eigenvalue weighted by atomic mass is 10.2. The molecule has 120 valence electrons. The first kappa shape index (κ1) is 16.8. The minimum atomic E-state index is -0.411. The Morgan fingerprint density at radius 2 is 2.09 bits per heavy atom. The molecule has 7 heteroatoms. The van der Waals surface area contributed by atoms with Crippen molar-refractivity contribution in [1.29, 1.82) is 0 Å². The van der Waals surface area contributed by atoms with Gasteiger partial charge >= 0.3 is 0 Å². The number of hydrogen-bond donors (Lipinski definition) is 3. The highest BCUT2D eigenvalue weighted by molar-refractivity contribution is 9.10. The molecule has 2 aromatic rings. The van der Waals surface area contributed by atoms with Gasteiger partial charge in [-0.05, 0) is 52.2 Å². The van der Waals surface area contributed by atoms with Crippen LogP contribution >= 0.6 is 15.9 Å². The average molecular weight is 379 g/mol. The summed E-state index contributed by atoms with van der Waals surface area (Å²) in [6.07, 6.45) is 1.34. The van der Waals surface area contributed by atoms with Gasteiger partial charge in [-0.1, -0.05) is 18.2 Å². The Morgan fingerprint density at radius 3 is 2.78 bits per heavy atom. The largest absolute Gasteiger partial charge is 0.504 e. The summed E-state index contributed by atoms with van der Waals surface area (Å²) in [5.41, 5.74) is 3.77. The first-order valence-corrected chi connectivity index (χ1v) is 7.48. The van der Waals surface area contributed by atoms with Gasteiger partial charge in [0.05, 0.1) is 10.7 Å². The standard InChI is InChI=1S/C16H15BrN2O4/c1-10-4-2-3-5-14(10)23-9-15(21)19-18-8-11-6-12(17)16(22)13(20)7-11/h2-8,20,22H,9H2,1H3,(H,19,21)/b18-8+. The fourth-order valence-electron chi connectivity index (χ4n) is 1.75. The number of carbonyl (C=O) groups excluding carboxylic acids is 1. The van der Waals surface area contributed by atoms with Gasteiger partial charge in [0.2, 0.25) is 0 Å². The van der Waals surface area contributed by atoms with Crippen LogP contribution in [-0.4, -0.2) is 28.9 Å². The van der Waals surface area contributed by atoms with Crippen molar-refractivity contribution in [3.8, 4) is 17.2 Å². The SMILES string of the molecule is Cc1ccccc1OCC(=O)N/N=C/c1cc(O)c(O)c(Br)c1. The van der Waals surface area contributed by atoms with Crippen molar-refractivity contribution in [1.82, 2.24) is 5.43 Å². The molecule has 0 aliphatic carbocycles. The Kier molecular flexibility index (Phi) is 5.59. The molecule has 23 heavy (non-hydrogen) atoms. The Hall–Kier alpha value is -2.54. The smallest absolute Gasteiger partial charge is 0.277 e. The minimum absolute atomic E-state index is 0.160. The van der Waals surface area contributed by atoms with Crippen molar-refractivity contribution in [2.45, 2.75) is 6.92 Å². The minimum Gasteiger partial charge on any atom is -0.504 e. The summed E-state index contributed by atoms with van der Waals surface area (Å²) in [4.78, 5) is 11.7. The first-order chi connectivity index (χ1) is 11.0. The molecule has 0 radical (unpaired) electrons. The molecule has 0 fully saturated rings. The van der Waals surface area contributed by atoms with Crippen LogP contribution in [-0.2, 0) is 4.79 Å². The lowest BCUT2D eigenvalue weighted by molar-refractivity contribution is -0.123. The van der Waals surface area contributed by atoms with Gasteiger partial charge in [0.1, 0.15) is 5.75 Å². The van der Waals surface area contributed by atoms with E-state index in [1.165, 1.54) is 12.3 Å². The van der Waals surface area contributed by atoms with Crippen LogP contribution < -0.4 is 10.2 Å². The maximum atomic E-state index is 11.7. The van der Waals surface area contributed by atoms with Crippen LogP contribution in [0.4, 0.5) is 0 Å². The first-order valence-electron chi connectivity index (χ1n) is 6.69. The van der Waals surface area contributed by atoms with E-state index >= 15 is 0 Å². The second-order valence-electron chi connectivity index (χ2n) is 4.72. The molecule has 0 aromatic heterocycles. The summed E-state index contributed by atoms with van der Waals surface area (Å²) >= 11 is 3.10. The molecule has 0 heterocycles. The Morgan fingerprint density at radius 1 is 1.35 bits per heavy atom. The van der Waals surface area contributed by atoms with E-state index in [1.807, 2.05) is 25.1 Å². The maximum Gasteiger partial charge on any atom is 0.277 e. The zero-order chi connectivity index (χ0) is 16.8. The van der Waals surface area contributed by atoms with Crippen LogP contribution in [0.15, 0.2) is 46.0 Å². The topological polar surface area (TPSA) is 91.2 Å². The number of hydrogen-bond acceptors (Lipinski definition) is 5. The lowest BCUT2D eigenvalue weighted by Crippen LogP contribution is -2.24. The maximum absolute atomic E-state index is 11.7. The predicted octanol–water partition coefficient (Wildman–Crippen LogP) is 2.70. The van der Waals surface area contributed by atoms with Crippen LogP contribution in [0.5, 0.6) is 17.2 Å². The van der Waals surface area contributed by atoms with E-state index in [-0.39, 0.29) is 18.1 Å². The molecule has 0 spiro atoms. The Balaban J connectivity index is 1.88. The van der Waals surface area contributed by atoms with E-state index in [2.05, 4.69) is 26.5 Å². The zero-order valence-corrected chi connectivity index (χ0v) is 13.9. The number of rotatable bonds is 5. The van der Waals surface area contributed by atoms with E-state index in [0.717, 1.165) is 5.56 Å². The number of para-hydroxylation sites is 1. The number of amides is 1. The molecular formula is C16H15BrN2O4. The molecule has 2 rings (SSSR count). The number of ether oxygens (including phenoxy) is 1. The average Bonchev–Trinajstić information content (AvgIpc) is 2.52. The van der Waals surface area contributed by atoms with Crippen LogP contribution in [0.3, 0.4) is 0 Å². The highest BCUT2D eigenvalue weighted by Gasteiger charge is 2.06. The summed E-state index contributed by atoms with van der Waals surface area (Å²) in [7, 11) is 0. The van der Waals surface area contributed by atoms with Crippen molar-refractivity contribution in [2.24, 2.45) is 5.10 Å². The molecule has 0 unspecified atom stereocenters. The molecule has 1 amide bonds. The number of phenols is 2. The van der Waals surface area contributed by atoms with E-state index in [1.54, 1.807) is 12.1 Å². The number of nitrogens with one attached hydrogen (secondary N) is 1. The van der Waals surface area contributed by atoms with Gasteiger partial charge in [-0.3, -0.25) is 4.79 Å². The number of aromatic hydroxyl groups is 2.